The van der Waals surface area contributed by atoms with Gasteiger partial charge in [-0.1, -0.05) is 19.8 Å². The van der Waals surface area contributed by atoms with E-state index in [2.05, 4.69) is 24.1 Å². The highest BCUT2D eigenvalue weighted by molar-refractivity contribution is 4.99. The van der Waals surface area contributed by atoms with Gasteiger partial charge in [0.1, 0.15) is 0 Å². The van der Waals surface area contributed by atoms with Crippen molar-refractivity contribution in [1.82, 2.24) is 5.32 Å². The average Bonchev–Trinajstić information content (AvgIpc) is 3.18. The van der Waals surface area contributed by atoms with Gasteiger partial charge in [0.15, 0.2) is 0 Å². The molecule has 3 unspecified atom stereocenters. The molecule has 1 nitrogen and oxygen atoms in total. The van der Waals surface area contributed by atoms with Gasteiger partial charge in [-0.15, -0.1) is 11.8 Å². The van der Waals surface area contributed by atoms with Crippen LogP contribution in [-0.2, 0) is 0 Å². The first-order valence-corrected chi connectivity index (χ1v) is 7.46. The minimum Gasteiger partial charge on any atom is -0.314 e. The molecule has 96 valence electrons. The fourth-order valence-corrected chi connectivity index (χ4v) is 3.15. The maximum absolute atomic E-state index is 3.72. The number of hydrogen-bond donors (Lipinski definition) is 1. The van der Waals surface area contributed by atoms with E-state index in [-0.39, 0.29) is 0 Å². The van der Waals surface area contributed by atoms with Crippen LogP contribution in [0.25, 0.3) is 0 Å². The Morgan fingerprint density at radius 3 is 2.59 bits per heavy atom. The smallest absolute Gasteiger partial charge is 0.0120 e. The Morgan fingerprint density at radius 1 is 1.12 bits per heavy atom. The predicted molar refractivity (Wildman–Crippen MR) is 73.7 cm³/mol. The molecular weight excluding hydrogens is 206 g/mol. The second-order valence-electron chi connectivity index (χ2n) is 5.92. The first kappa shape index (κ1) is 13.0. The lowest BCUT2D eigenvalue weighted by Crippen LogP contribution is -2.33. The minimum atomic E-state index is 0.854. The Labute approximate surface area is 107 Å². The molecule has 0 bridgehead atoms. The lowest BCUT2D eigenvalue weighted by atomic mass is 9.72. The minimum absolute atomic E-state index is 0.854. The van der Waals surface area contributed by atoms with Crippen molar-refractivity contribution in [2.75, 3.05) is 6.54 Å². The second kappa shape index (κ2) is 6.45. The highest BCUT2D eigenvalue weighted by Crippen LogP contribution is 2.37. The molecule has 0 heterocycles. The lowest BCUT2D eigenvalue weighted by molar-refractivity contribution is 0.175. The summed E-state index contributed by atoms with van der Waals surface area (Å²) < 4.78 is 0. The molecule has 2 saturated carbocycles. The van der Waals surface area contributed by atoms with E-state index in [1.807, 2.05) is 6.92 Å². The van der Waals surface area contributed by atoms with Crippen molar-refractivity contribution < 1.29 is 0 Å². The zero-order valence-electron chi connectivity index (χ0n) is 11.5. The van der Waals surface area contributed by atoms with Gasteiger partial charge in [0.25, 0.3) is 0 Å². The molecule has 17 heavy (non-hydrogen) atoms. The molecule has 0 radical (unpaired) electrons. The van der Waals surface area contributed by atoms with Crippen molar-refractivity contribution in [2.45, 2.75) is 64.8 Å². The summed E-state index contributed by atoms with van der Waals surface area (Å²) in [5.74, 6) is 9.10. The van der Waals surface area contributed by atoms with Gasteiger partial charge in [0, 0.05) is 12.5 Å². The predicted octanol–water partition coefficient (Wildman–Crippen LogP) is 3.59. The summed E-state index contributed by atoms with van der Waals surface area (Å²) in [6.45, 7) is 5.56. The number of nitrogens with one attached hydrogen (secondary N) is 1. The molecule has 1 heteroatoms. The third-order valence-corrected chi connectivity index (χ3v) is 4.61. The highest BCUT2D eigenvalue weighted by Gasteiger charge is 2.30. The zero-order chi connectivity index (χ0) is 12.1. The van der Waals surface area contributed by atoms with Crippen LogP contribution >= 0.6 is 0 Å². The van der Waals surface area contributed by atoms with Gasteiger partial charge < -0.3 is 5.32 Å². The van der Waals surface area contributed by atoms with Gasteiger partial charge in [-0.25, -0.2) is 0 Å². The molecular formula is C16H27N. The van der Waals surface area contributed by atoms with E-state index < -0.39 is 0 Å². The Balaban J connectivity index is 1.83. The van der Waals surface area contributed by atoms with E-state index in [4.69, 9.17) is 0 Å². The van der Waals surface area contributed by atoms with Gasteiger partial charge in [-0.3, -0.25) is 0 Å². The van der Waals surface area contributed by atoms with Gasteiger partial charge in [-0.05, 0) is 56.9 Å². The van der Waals surface area contributed by atoms with E-state index >= 15 is 0 Å². The molecule has 2 aliphatic carbocycles. The normalized spacial score (nSPS) is 32.9. The summed E-state index contributed by atoms with van der Waals surface area (Å²) in [7, 11) is 0. The summed E-state index contributed by atoms with van der Waals surface area (Å²) in [4.78, 5) is 0. The van der Waals surface area contributed by atoms with Crippen LogP contribution < -0.4 is 5.32 Å². The third kappa shape index (κ3) is 4.03. The fourth-order valence-electron chi connectivity index (χ4n) is 3.15. The van der Waals surface area contributed by atoms with Crippen LogP contribution in [0.2, 0.25) is 0 Å². The Hall–Kier alpha value is -0.480. The van der Waals surface area contributed by atoms with E-state index in [1.165, 1.54) is 45.1 Å². The van der Waals surface area contributed by atoms with Crippen molar-refractivity contribution in [3.8, 4) is 11.8 Å². The Kier molecular flexibility index (Phi) is 4.92. The molecule has 2 rings (SSSR count). The van der Waals surface area contributed by atoms with Crippen molar-refractivity contribution in [3.63, 3.8) is 0 Å². The van der Waals surface area contributed by atoms with Crippen LogP contribution in [-0.4, -0.2) is 12.6 Å². The summed E-state index contributed by atoms with van der Waals surface area (Å²) >= 11 is 0. The van der Waals surface area contributed by atoms with Crippen molar-refractivity contribution in [3.05, 3.63) is 0 Å². The van der Waals surface area contributed by atoms with Crippen LogP contribution in [0.3, 0.4) is 0 Å². The molecule has 0 aromatic carbocycles. The summed E-state index contributed by atoms with van der Waals surface area (Å²) in [6, 6.07) is 0.858. The standard InChI is InChI=1S/C16H27N/c1-3-5-6-14-11-13(4-2)7-8-15(14)12-17-16-9-10-16/h13-17H,4,6-12H2,1-2H3. The van der Waals surface area contributed by atoms with Crippen LogP contribution in [0, 0.1) is 29.6 Å². The monoisotopic (exact) mass is 233 g/mol. The zero-order valence-corrected chi connectivity index (χ0v) is 11.5. The van der Waals surface area contributed by atoms with Gasteiger partial charge in [0.05, 0.1) is 0 Å². The number of hydrogen-bond acceptors (Lipinski definition) is 1. The highest BCUT2D eigenvalue weighted by atomic mass is 14.9. The van der Waals surface area contributed by atoms with Gasteiger partial charge >= 0.3 is 0 Å². The van der Waals surface area contributed by atoms with E-state index in [0.717, 1.165) is 30.2 Å². The maximum atomic E-state index is 3.72. The molecule has 0 aromatic rings. The van der Waals surface area contributed by atoms with Crippen LogP contribution in [0.15, 0.2) is 0 Å². The summed E-state index contributed by atoms with van der Waals surface area (Å²) in [5.41, 5.74) is 0. The fraction of sp³-hybridized carbons (Fsp3) is 0.875. The Bertz CT molecular complexity index is 282. The SMILES string of the molecule is CC#CCC1CC(CC)CCC1CNC1CC1. The molecule has 2 fully saturated rings. The van der Waals surface area contributed by atoms with Crippen LogP contribution in [0.5, 0.6) is 0 Å². The maximum Gasteiger partial charge on any atom is 0.0120 e. The largest absolute Gasteiger partial charge is 0.314 e. The van der Waals surface area contributed by atoms with Crippen molar-refractivity contribution in [1.29, 1.82) is 0 Å². The molecule has 0 spiro atoms. The molecule has 2 aliphatic rings. The van der Waals surface area contributed by atoms with E-state index in [0.29, 0.717) is 0 Å². The van der Waals surface area contributed by atoms with Gasteiger partial charge in [0.2, 0.25) is 0 Å². The molecule has 1 N–H and O–H groups in total. The first-order valence-electron chi connectivity index (χ1n) is 7.46. The molecule has 0 amide bonds. The molecule has 3 atom stereocenters. The average molecular weight is 233 g/mol. The van der Waals surface area contributed by atoms with Gasteiger partial charge in [-0.2, -0.15) is 0 Å². The quantitative estimate of drug-likeness (QED) is 0.716. The van der Waals surface area contributed by atoms with E-state index in [1.54, 1.807) is 0 Å². The van der Waals surface area contributed by atoms with E-state index in [9.17, 15) is 0 Å². The topological polar surface area (TPSA) is 12.0 Å². The Morgan fingerprint density at radius 2 is 1.94 bits per heavy atom. The summed E-state index contributed by atoms with van der Waals surface area (Å²) in [5, 5.41) is 3.72. The second-order valence-corrected chi connectivity index (χ2v) is 5.92. The van der Waals surface area contributed by atoms with Crippen LogP contribution in [0.1, 0.15) is 58.8 Å². The van der Waals surface area contributed by atoms with Crippen molar-refractivity contribution >= 4 is 0 Å². The molecule has 0 aromatic heterocycles. The van der Waals surface area contributed by atoms with Crippen molar-refractivity contribution in [2.24, 2.45) is 17.8 Å². The summed E-state index contributed by atoms with van der Waals surface area (Å²) in [6.07, 6.45) is 9.59. The van der Waals surface area contributed by atoms with Crippen LogP contribution in [0.4, 0.5) is 0 Å². The molecule has 0 saturated heterocycles. The third-order valence-electron chi connectivity index (χ3n) is 4.61. The number of rotatable bonds is 5. The first-order chi connectivity index (χ1) is 8.33. The molecule has 0 aliphatic heterocycles. The lowest BCUT2D eigenvalue weighted by Gasteiger charge is -2.35.